The summed E-state index contributed by atoms with van der Waals surface area (Å²) in [5.41, 5.74) is 2.65. The third-order valence-corrected chi connectivity index (χ3v) is 9.76. The van der Waals surface area contributed by atoms with Gasteiger partial charge in [0.05, 0.1) is 28.3 Å². The van der Waals surface area contributed by atoms with Gasteiger partial charge in [0.25, 0.3) is 20.0 Å². The highest BCUT2D eigenvalue weighted by Gasteiger charge is 2.27. The Labute approximate surface area is 248 Å². The fourth-order valence-corrected chi connectivity index (χ4v) is 6.66. The van der Waals surface area contributed by atoms with Crippen LogP contribution in [0.2, 0.25) is 0 Å². The van der Waals surface area contributed by atoms with E-state index in [1.807, 2.05) is 13.8 Å². The normalized spacial score (nSPS) is 11.5. The van der Waals surface area contributed by atoms with Crippen molar-refractivity contribution in [3.8, 4) is 5.75 Å². The molecule has 1 amide bonds. The van der Waals surface area contributed by atoms with E-state index in [-0.39, 0.29) is 9.79 Å². The molecule has 0 atom stereocenters. The van der Waals surface area contributed by atoms with E-state index >= 15 is 0 Å². The van der Waals surface area contributed by atoms with Crippen molar-refractivity contribution >= 4 is 58.9 Å². The molecule has 0 fully saturated rings. The summed E-state index contributed by atoms with van der Waals surface area (Å²) in [5, 5.41) is 2.65. The van der Waals surface area contributed by atoms with Gasteiger partial charge in [-0.05, 0) is 92.2 Å². The van der Waals surface area contributed by atoms with E-state index in [4.69, 9.17) is 4.74 Å². The van der Waals surface area contributed by atoms with Gasteiger partial charge < -0.3 is 10.1 Å². The van der Waals surface area contributed by atoms with E-state index in [0.29, 0.717) is 22.8 Å². The molecule has 41 heavy (non-hydrogen) atoms. The lowest BCUT2D eigenvalue weighted by Crippen LogP contribution is -2.38. The van der Waals surface area contributed by atoms with Crippen molar-refractivity contribution in [3.05, 3.63) is 107 Å². The second-order valence-electron chi connectivity index (χ2n) is 9.18. The zero-order valence-electron chi connectivity index (χ0n) is 22.5. The third kappa shape index (κ3) is 7.26. The monoisotopic (exact) mass is 657 g/mol. The average molecular weight is 659 g/mol. The molecule has 0 bridgehead atoms. The molecule has 0 heterocycles. The van der Waals surface area contributed by atoms with E-state index in [1.165, 1.54) is 43.5 Å². The Balaban J connectivity index is 1.53. The first kappa shape index (κ1) is 30.1. The maximum absolute atomic E-state index is 13.5. The van der Waals surface area contributed by atoms with Gasteiger partial charge in [-0.2, -0.15) is 0 Å². The van der Waals surface area contributed by atoms with E-state index in [1.54, 1.807) is 54.6 Å². The van der Waals surface area contributed by atoms with Crippen molar-refractivity contribution < 1.29 is 26.4 Å². The molecule has 0 aliphatic rings. The summed E-state index contributed by atoms with van der Waals surface area (Å²) in [5.74, 6) is -0.235. The summed E-state index contributed by atoms with van der Waals surface area (Å²) in [6, 6.07) is 23.6. The molecule has 4 aromatic rings. The lowest BCUT2D eigenvalue weighted by Gasteiger charge is -2.24. The Kier molecular flexibility index (Phi) is 9.05. The summed E-state index contributed by atoms with van der Waals surface area (Å²) in [4.78, 5) is 13.1. The number of anilines is 3. The fraction of sp³-hybridized carbons (Fsp3) is 0.138. The smallest absolute Gasteiger partial charge is 0.264 e. The van der Waals surface area contributed by atoms with Gasteiger partial charge in [0, 0.05) is 10.2 Å². The minimum absolute atomic E-state index is 0.0301. The Morgan fingerprint density at radius 2 is 1.39 bits per heavy atom. The maximum atomic E-state index is 13.5. The zero-order chi connectivity index (χ0) is 29.8. The molecule has 0 saturated carbocycles. The highest BCUT2D eigenvalue weighted by Crippen LogP contribution is 2.29. The number of rotatable bonds is 10. The van der Waals surface area contributed by atoms with Crippen LogP contribution >= 0.6 is 15.9 Å². The number of halogens is 1. The van der Waals surface area contributed by atoms with Crippen molar-refractivity contribution in [1.29, 1.82) is 0 Å². The number of amides is 1. The molecule has 2 N–H and O–H groups in total. The van der Waals surface area contributed by atoms with Crippen LogP contribution < -0.4 is 19.1 Å². The number of nitrogens with zero attached hydrogens (tertiary/aromatic N) is 1. The molecule has 0 saturated heterocycles. The van der Waals surface area contributed by atoms with Crippen LogP contribution in [0.25, 0.3) is 0 Å². The third-order valence-electron chi connectivity index (χ3n) is 6.06. The zero-order valence-corrected chi connectivity index (χ0v) is 25.7. The predicted octanol–water partition coefficient (Wildman–Crippen LogP) is 5.71. The standard InChI is InChI=1S/C29H28BrN3O6S2/c1-20-4-13-26(14-5-20)41(37,38)33(24-11-7-22(30)8-12-24)19-29(34)31-23-9-15-25(16-10-23)40(35,36)32-27-18-21(2)6-17-28(27)39-3/h4-18,32H,19H2,1-3H3,(H,31,34). The van der Waals surface area contributed by atoms with Crippen LogP contribution in [0.1, 0.15) is 11.1 Å². The van der Waals surface area contributed by atoms with Gasteiger partial charge in [-0.1, -0.05) is 39.7 Å². The summed E-state index contributed by atoms with van der Waals surface area (Å²) in [6.07, 6.45) is 0. The molecular formula is C29H28BrN3O6S2. The van der Waals surface area contributed by atoms with Gasteiger partial charge >= 0.3 is 0 Å². The van der Waals surface area contributed by atoms with E-state index in [2.05, 4.69) is 26.0 Å². The van der Waals surface area contributed by atoms with Crippen molar-refractivity contribution in [3.63, 3.8) is 0 Å². The molecule has 0 unspecified atom stereocenters. The summed E-state index contributed by atoms with van der Waals surface area (Å²) in [7, 11) is -6.58. The Morgan fingerprint density at radius 3 is 2.00 bits per heavy atom. The molecule has 0 aliphatic heterocycles. The van der Waals surface area contributed by atoms with Gasteiger partial charge in [-0.25, -0.2) is 16.8 Å². The second-order valence-corrected chi connectivity index (χ2v) is 13.6. The number of methoxy groups -OCH3 is 1. The second kappa shape index (κ2) is 12.3. The molecule has 9 nitrogen and oxygen atoms in total. The van der Waals surface area contributed by atoms with Crippen LogP contribution in [0.3, 0.4) is 0 Å². The van der Waals surface area contributed by atoms with Gasteiger partial charge in [-0.15, -0.1) is 0 Å². The number of carbonyl (C=O) groups is 1. The number of aryl methyl sites for hydroxylation is 2. The number of sulfonamides is 2. The largest absolute Gasteiger partial charge is 0.495 e. The van der Waals surface area contributed by atoms with Crippen LogP contribution in [0.5, 0.6) is 5.75 Å². The average Bonchev–Trinajstić information content (AvgIpc) is 2.93. The van der Waals surface area contributed by atoms with Gasteiger partial charge in [0.15, 0.2) is 0 Å². The number of carbonyl (C=O) groups excluding carboxylic acids is 1. The highest BCUT2D eigenvalue weighted by atomic mass is 79.9. The van der Waals surface area contributed by atoms with E-state index in [0.717, 1.165) is 19.9 Å². The molecular weight excluding hydrogens is 630 g/mol. The first-order chi connectivity index (χ1) is 19.4. The Morgan fingerprint density at radius 1 is 0.805 bits per heavy atom. The Bertz CT molecular complexity index is 1760. The highest BCUT2D eigenvalue weighted by molar-refractivity contribution is 9.10. The number of nitrogens with one attached hydrogen (secondary N) is 2. The van der Waals surface area contributed by atoms with E-state index < -0.39 is 32.5 Å². The van der Waals surface area contributed by atoms with Crippen LogP contribution in [-0.4, -0.2) is 36.4 Å². The van der Waals surface area contributed by atoms with Crippen molar-refractivity contribution in [1.82, 2.24) is 0 Å². The lowest BCUT2D eigenvalue weighted by molar-refractivity contribution is -0.114. The molecule has 4 aromatic carbocycles. The molecule has 214 valence electrons. The van der Waals surface area contributed by atoms with E-state index in [9.17, 15) is 21.6 Å². The Hall–Kier alpha value is -3.87. The number of hydrogen-bond acceptors (Lipinski definition) is 6. The molecule has 0 spiro atoms. The molecule has 12 heteroatoms. The first-order valence-corrected chi connectivity index (χ1v) is 16.0. The van der Waals surface area contributed by atoms with Crippen molar-refractivity contribution in [2.24, 2.45) is 0 Å². The number of hydrogen-bond donors (Lipinski definition) is 2. The summed E-state index contributed by atoms with van der Waals surface area (Å²) in [6.45, 7) is 3.17. The molecule has 4 rings (SSSR count). The maximum Gasteiger partial charge on any atom is 0.264 e. The SMILES string of the molecule is COc1ccc(C)cc1NS(=O)(=O)c1ccc(NC(=O)CN(c2ccc(Br)cc2)S(=O)(=O)c2ccc(C)cc2)cc1. The quantitative estimate of drug-likeness (QED) is 0.225. The predicted molar refractivity (Wildman–Crippen MR) is 163 cm³/mol. The molecule has 0 aromatic heterocycles. The van der Waals surface area contributed by atoms with Gasteiger partial charge in [0.2, 0.25) is 5.91 Å². The van der Waals surface area contributed by atoms with Gasteiger partial charge in [-0.3, -0.25) is 13.8 Å². The lowest BCUT2D eigenvalue weighted by atomic mass is 10.2. The van der Waals surface area contributed by atoms with Crippen LogP contribution in [0, 0.1) is 13.8 Å². The molecule has 0 aliphatic carbocycles. The van der Waals surface area contributed by atoms with Crippen LogP contribution in [0.15, 0.2) is 105 Å². The van der Waals surface area contributed by atoms with Crippen molar-refractivity contribution in [2.75, 3.05) is 28.0 Å². The van der Waals surface area contributed by atoms with Crippen LogP contribution in [0.4, 0.5) is 17.1 Å². The van der Waals surface area contributed by atoms with Gasteiger partial charge in [0.1, 0.15) is 12.3 Å². The van der Waals surface area contributed by atoms with Crippen molar-refractivity contribution in [2.45, 2.75) is 23.6 Å². The topological polar surface area (TPSA) is 122 Å². The summed E-state index contributed by atoms with van der Waals surface area (Å²) >= 11 is 3.34. The van der Waals surface area contributed by atoms with Crippen LogP contribution in [-0.2, 0) is 24.8 Å². The fourth-order valence-electron chi connectivity index (χ4n) is 3.91. The number of ether oxygens (including phenoxy) is 1. The number of benzene rings is 4. The minimum atomic E-state index is -4.08. The first-order valence-electron chi connectivity index (χ1n) is 12.3. The molecule has 0 radical (unpaired) electrons. The summed E-state index contributed by atoms with van der Waals surface area (Å²) < 4.78 is 62.6. The minimum Gasteiger partial charge on any atom is -0.495 e.